The molecule has 0 radical (unpaired) electrons. The van der Waals surface area contributed by atoms with Crippen molar-refractivity contribution in [2.45, 2.75) is 57.3 Å². The van der Waals surface area contributed by atoms with Crippen molar-refractivity contribution in [3.05, 3.63) is 35.4 Å². The number of sulfone groups is 1. The van der Waals surface area contributed by atoms with E-state index in [9.17, 15) is 31.2 Å². The Balaban J connectivity index is 1.58. The van der Waals surface area contributed by atoms with Gasteiger partial charge in [0.25, 0.3) is 5.91 Å². The van der Waals surface area contributed by atoms with Crippen molar-refractivity contribution in [3.63, 3.8) is 0 Å². The summed E-state index contributed by atoms with van der Waals surface area (Å²) in [6, 6.07) is 3.88. The summed E-state index contributed by atoms with van der Waals surface area (Å²) in [6.45, 7) is 2.19. The zero-order valence-corrected chi connectivity index (χ0v) is 20.9. The first-order chi connectivity index (χ1) is 16.4. The summed E-state index contributed by atoms with van der Waals surface area (Å²) in [7, 11) is -1.19. The van der Waals surface area contributed by atoms with E-state index in [1.807, 2.05) is 0 Å². The Morgan fingerprint density at radius 1 is 1.14 bits per heavy atom. The summed E-state index contributed by atoms with van der Waals surface area (Å²) in [6.07, 6.45) is -0.00735. The highest BCUT2D eigenvalue weighted by molar-refractivity contribution is 7.91. The zero-order chi connectivity index (χ0) is 25.8. The molecule has 0 bridgehead atoms. The molecule has 2 aliphatic rings. The van der Waals surface area contributed by atoms with E-state index in [0.29, 0.717) is 12.8 Å². The molecular formula is C24H34F3N3O4S. The minimum absolute atomic E-state index is 0.0151. The van der Waals surface area contributed by atoms with Gasteiger partial charge in [-0.2, -0.15) is 13.2 Å². The Kier molecular flexibility index (Phi) is 8.85. The van der Waals surface area contributed by atoms with Crippen LogP contribution in [0, 0.1) is 11.8 Å². The second-order valence-corrected chi connectivity index (χ2v) is 12.1. The lowest BCUT2D eigenvalue weighted by Gasteiger charge is -2.40. The Morgan fingerprint density at radius 3 is 2.49 bits per heavy atom. The van der Waals surface area contributed by atoms with Gasteiger partial charge in [-0.25, -0.2) is 8.42 Å². The Hall–Kier alpha value is -2.14. The number of carbonyl (C=O) groups excluding carboxylic acids is 2. The van der Waals surface area contributed by atoms with Gasteiger partial charge in [-0.1, -0.05) is 13.0 Å². The molecule has 2 amide bonds. The number of benzene rings is 1. The molecule has 0 heterocycles. The number of amides is 2. The third kappa shape index (κ3) is 8.20. The van der Waals surface area contributed by atoms with Gasteiger partial charge in [-0.3, -0.25) is 9.59 Å². The summed E-state index contributed by atoms with van der Waals surface area (Å²) in [5.41, 5.74) is -1.14. The van der Waals surface area contributed by atoms with Crippen molar-refractivity contribution in [2.24, 2.45) is 11.8 Å². The Bertz CT molecular complexity index is 1010. The molecule has 1 aromatic carbocycles. The number of carbonyl (C=O) groups is 2. The molecule has 7 nitrogen and oxygen atoms in total. The fourth-order valence-corrected chi connectivity index (χ4v) is 5.93. The normalized spacial score (nSPS) is 23.2. The van der Waals surface area contributed by atoms with Gasteiger partial charge in [0.2, 0.25) is 5.91 Å². The first-order valence-corrected chi connectivity index (χ1v) is 13.9. The molecule has 35 heavy (non-hydrogen) atoms. The van der Waals surface area contributed by atoms with Crippen LogP contribution in [0.25, 0.3) is 0 Å². The summed E-state index contributed by atoms with van der Waals surface area (Å²) < 4.78 is 63.4. The quantitative estimate of drug-likeness (QED) is 0.498. The molecule has 0 spiro atoms. The van der Waals surface area contributed by atoms with Gasteiger partial charge >= 0.3 is 6.18 Å². The number of nitrogens with one attached hydrogen (secondary N) is 2. The molecule has 0 aromatic heterocycles. The van der Waals surface area contributed by atoms with Crippen LogP contribution in [-0.4, -0.2) is 68.9 Å². The lowest BCUT2D eigenvalue weighted by atomic mass is 9.82. The van der Waals surface area contributed by atoms with Gasteiger partial charge < -0.3 is 15.5 Å². The third-order valence-corrected chi connectivity index (χ3v) is 8.75. The second kappa shape index (κ2) is 11.3. The van der Waals surface area contributed by atoms with E-state index in [1.165, 1.54) is 18.9 Å². The molecule has 3 atom stereocenters. The molecule has 2 saturated carbocycles. The number of rotatable bonds is 10. The van der Waals surface area contributed by atoms with Crippen molar-refractivity contribution in [1.29, 1.82) is 0 Å². The van der Waals surface area contributed by atoms with Gasteiger partial charge in [0.05, 0.1) is 17.9 Å². The fraction of sp³-hybridized carbons (Fsp3) is 0.667. The summed E-state index contributed by atoms with van der Waals surface area (Å²) in [4.78, 5) is 27.1. The van der Waals surface area contributed by atoms with Gasteiger partial charge in [-0.05, 0) is 69.2 Å². The molecule has 1 aromatic rings. The van der Waals surface area contributed by atoms with E-state index in [1.54, 1.807) is 6.92 Å². The highest BCUT2D eigenvalue weighted by atomic mass is 32.2. The topological polar surface area (TPSA) is 95.6 Å². The summed E-state index contributed by atoms with van der Waals surface area (Å²) in [5, 5.41) is 5.21. The predicted molar refractivity (Wildman–Crippen MR) is 127 cm³/mol. The Labute approximate surface area is 204 Å². The van der Waals surface area contributed by atoms with E-state index in [4.69, 9.17) is 0 Å². The lowest BCUT2D eigenvalue weighted by molar-refractivity contribution is -0.137. The standard InChI is InChI=1S/C24H34F3N3O4S/c1-3-35(33,34)15-18-12-20(30(2)14-16-7-8-16)9-10-21(18)29-22(31)13-28-23(32)17-5-4-6-19(11-17)24(25,26)27/h4-6,11,16,18,20-21H,3,7-10,12-15H2,1-2H3,(H,28,32)(H,29,31)/t18-,20-,21+/m1/s1. The molecule has 3 rings (SSSR count). The van der Waals surface area contributed by atoms with E-state index in [-0.39, 0.29) is 35.1 Å². The number of nitrogens with zero attached hydrogens (tertiary/aromatic N) is 1. The second-order valence-electron chi connectivity index (χ2n) is 9.74. The first kappa shape index (κ1) is 27.4. The lowest BCUT2D eigenvalue weighted by Crippen LogP contribution is -2.52. The highest BCUT2D eigenvalue weighted by Crippen LogP contribution is 2.34. The van der Waals surface area contributed by atoms with Crippen molar-refractivity contribution in [2.75, 3.05) is 31.6 Å². The smallest absolute Gasteiger partial charge is 0.352 e. The minimum atomic E-state index is -4.58. The number of halogens is 3. The average molecular weight is 518 g/mol. The third-order valence-electron chi connectivity index (χ3n) is 6.94. The maximum Gasteiger partial charge on any atom is 0.416 e. The van der Waals surface area contributed by atoms with Crippen molar-refractivity contribution in [1.82, 2.24) is 15.5 Å². The van der Waals surface area contributed by atoms with Gasteiger partial charge in [0.1, 0.15) is 9.84 Å². The van der Waals surface area contributed by atoms with Crippen LogP contribution in [0.15, 0.2) is 24.3 Å². The van der Waals surface area contributed by atoms with Crippen LogP contribution in [-0.2, 0) is 20.8 Å². The van der Waals surface area contributed by atoms with Gasteiger partial charge in [0.15, 0.2) is 0 Å². The monoisotopic (exact) mass is 517 g/mol. The van der Waals surface area contributed by atoms with Crippen LogP contribution in [0.2, 0.25) is 0 Å². The molecular weight excluding hydrogens is 483 g/mol. The van der Waals surface area contributed by atoms with E-state index >= 15 is 0 Å². The predicted octanol–water partition coefficient (Wildman–Crippen LogP) is 2.87. The van der Waals surface area contributed by atoms with Crippen molar-refractivity contribution >= 4 is 21.7 Å². The molecule has 11 heteroatoms. The van der Waals surface area contributed by atoms with Crippen molar-refractivity contribution in [3.8, 4) is 0 Å². The molecule has 2 fully saturated rings. The minimum Gasteiger partial charge on any atom is -0.352 e. The largest absolute Gasteiger partial charge is 0.416 e. The first-order valence-electron chi connectivity index (χ1n) is 12.0. The van der Waals surface area contributed by atoms with Crippen LogP contribution in [0.4, 0.5) is 13.2 Å². The van der Waals surface area contributed by atoms with Gasteiger partial charge in [-0.15, -0.1) is 0 Å². The molecule has 196 valence electrons. The average Bonchev–Trinajstić information content (AvgIpc) is 3.62. The van der Waals surface area contributed by atoms with Crippen LogP contribution in [0.5, 0.6) is 0 Å². The van der Waals surface area contributed by atoms with Crippen LogP contribution >= 0.6 is 0 Å². The van der Waals surface area contributed by atoms with Crippen molar-refractivity contribution < 1.29 is 31.2 Å². The van der Waals surface area contributed by atoms with E-state index in [2.05, 4.69) is 22.6 Å². The maximum absolute atomic E-state index is 12.9. The molecule has 0 saturated heterocycles. The van der Waals surface area contributed by atoms with E-state index < -0.39 is 39.9 Å². The number of hydrogen-bond donors (Lipinski definition) is 2. The summed E-state index contributed by atoms with van der Waals surface area (Å²) in [5.74, 6) is -0.807. The Morgan fingerprint density at radius 2 is 1.86 bits per heavy atom. The van der Waals surface area contributed by atoms with Crippen LogP contribution < -0.4 is 10.6 Å². The molecule has 0 unspecified atom stereocenters. The SMILES string of the molecule is CCS(=O)(=O)C[C@H]1C[C@H](N(C)CC2CC2)CC[C@@H]1NC(=O)CNC(=O)c1cccc(C(F)(F)F)c1. The molecule has 0 aliphatic heterocycles. The number of alkyl halides is 3. The summed E-state index contributed by atoms with van der Waals surface area (Å²) >= 11 is 0. The fourth-order valence-electron chi connectivity index (χ4n) is 4.67. The zero-order valence-electron chi connectivity index (χ0n) is 20.1. The number of hydrogen-bond acceptors (Lipinski definition) is 5. The van der Waals surface area contributed by atoms with E-state index in [0.717, 1.165) is 37.1 Å². The van der Waals surface area contributed by atoms with Crippen LogP contribution in [0.1, 0.15) is 54.9 Å². The van der Waals surface area contributed by atoms with Crippen LogP contribution in [0.3, 0.4) is 0 Å². The molecule has 2 aliphatic carbocycles. The molecule has 2 N–H and O–H groups in total. The van der Waals surface area contributed by atoms with Gasteiger partial charge in [0, 0.05) is 29.9 Å². The maximum atomic E-state index is 12.9. The highest BCUT2D eigenvalue weighted by Gasteiger charge is 2.37.